The predicted molar refractivity (Wildman–Crippen MR) is 69.7 cm³/mol. The summed E-state index contributed by atoms with van der Waals surface area (Å²) in [6.07, 6.45) is 0.636. The van der Waals surface area contributed by atoms with Crippen molar-refractivity contribution in [2.45, 2.75) is 13.8 Å². The number of carbonyl (C=O) groups excluding carboxylic acids is 2. The van der Waals surface area contributed by atoms with E-state index in [2.05, 4.69) is 0 Å². The van der Waals surface area contributed by atoms with Crippen molar-refractivity contribution >= 4 is 12.1 Å². The predicted octanol–water partition coefficient (Wildman–Crippen LogP) is 2.09. The molecule has 0 saturated carbocycles. The van der Waals surface area contributed by atoms with Gasteiger partial charge in [0.1, 0.15) is 6.29 Å². The number of ether oxygens (including phenoxy) is 3. The quantitative estimate of drug-likeness (QED) is 0.327. The van der Waals surface area contributed by atoms with Gasteiger partial charge < -0.3 is 19.0 Å². The van der Waals surface area contributed by atoms with Crippen LogP contribution < -0.4 is 9.47 Å². The molecule has 0 spiro atoms. The van der Waals surface area contributed by atoms with Crippen molar-refractivity contribution < 1.29 is 23.8 Å². The summed E-state index contributed by atoms with van der Waals surface area (Å²) in [5.74, 6) is 0.633. The highest BCUT2D eigenvalue weighted by Crippen LogP contribution is 2.30. The van der Waals surface area contributed by atoms with E-state index in [4.69, 9.17) is 14.2 Å². The van der Waals surface area contributed by atoms with Crippen LogP contribution in [-0.2, 0) is 9.53 Å². The second kappa shape index (κ2) is 6.33. The molecule has 0 unspecified atom stereocenters. The fourth-order valence-electron chi connectivity index (χ4n) is 1.48. The van der Waals surface area contributed by atoms with Gasteiger partial charge in [0, 0.05) is 12.7 Å². The van der Waals surface area contributed by atoms with Crippen molar-refractivity contribution in [1.29, 1.82) is 0 Å². The third-order valence-electron chi connectivity index (χ3n) is 2.64. The molecule has 0 aromatic heterocycles. The molecule has 0 saturated heterocycles. The fourth-order valence-corrected chi connectivity index (χ4v) is 1.48. The Labute approximate surface area is 112 Å². The van der Waals surface area contributed by atoms with Gasteiger partial charge >= 0.3 is 0 Å². The standard InChI is InChI=1S/C14H18O5/c1-14(2,8-15)13(16)10-5-6-11(19-9-17-3)12(7-10)18-4/h5-8H,9H2,1-4H3. The maximum Gasteiger partial charge on any atom is 0.188 e. The molecule has 0 amide bonds. The summed E-state index contributed by atoms with van der Waals surface area (Å²) in [6, 6.07) is 4.77. The van der Waals surface area contributed by atoms with Crippen molar-refractivity contribution in [3.05, 3.63) is 23.8 Å². The van der Waals surface area contributed by atoms with Gasteiger partial charge in [-0.3, -0.25) is 4.79 Å². The number of hydrogen-bond donors (Lipinski definition) is 0. The van der Waals surface area contributed by atoms with Gasteiger partial charge in [-0.15, -0.1) is 0 Å². The minimum absolute atomic E-state index is 0.0868. The van der Waals surface area contributed by atoms with E-state index < -0.39 is 5.41 Å². The normalized spacial score (nSPS) is 10.9. The van der Waals surface area contributed by atoms with E-state index in [0.717, 1.165) is 0 Å². The van der Waals surface area contributed by atoms with Crippen LogP contribution in [0.2, 0.25) is 0 Å². The minimum atomic E-state index is -1.06. The molecule has 0 N–H and O–H groups in total. The van der Waals surface area contributed by atoms with Crippen LogP contribution in [0, 0.1) is 5.41 Å². The topological polar surface area (TPSA) is 61.8 Å². The Bertz CT molecular complexity index is 465. The molecule has 1 aromatic carbocycles. The van der Waals surface area contributed by atoms with Crippen LogP contribution in [0.5, 0.6) is 11.5 Å². The van der Waals surface area contributed by atoms with Crippen LogP contribution >= 0.6 is 0 Å². The first-order valence-corrected chi connectivity index (χ1v) is 5.77. The Morgan fingerprint density at radius 1 is 1.26 bits per heavy atom. The second-order valence-electron chi connectivity index (χ2n) is 4.59. The summed E-state index contributed by atoms with van der Waals surface area (Å²) in [5, 5.41) is 0. The average molecular weight is 266 g/mol. The molecule has 19 heavy (non-hydrogen) atoms. The van der Waals surface area contributed by atoms with Crippen LogP contribution in [0.4, 0.5) is 0 Å². The first kappa shape index (κ1) is 15.2. The summed E-state index contributed by atoms with van der Waals surface area (Å²) < 4.78 is 15.3. The molecule has 0 radical (unpaired) electrons. The zero-order valence-corrected chi connectivity index (χ0v) is 11.6. The summed E-state index contributed by atoms with van der Waals surface area (Å²) in [4.78, 5) is 23.0. The maximum absolute atomic E-state index is 12.1. The van der Waals surface area contributed by atoms with E-state index in [9.17, 15) is 9.59 Å². The highest BCUT2D eigenvalue weighted by molar-refractivity contribution is 6.08. The maximum atomic E-state index is 12.1. The molecular weight excluding hydrogens is 248 g/mol. The summed E-state index contributed by atoms with van der Waals surface area (Å²) >= 11 is 0. The first-order valence-electron chi connectivity index (χ1n) is 5.77. The number of ketones is 1. The zero-order chi connectivity index (χ0) is 14.5. The molecule has 5 nitrogen and oxygen atoms in total. The Balaban J connectivity index is 3.06. The van der Waals surface area contributed by atoms with Crippen molar-refractivity contribution in [2.75, 3.05) is 21.0 Å². The van der Waals surface area contributed by atoms with E-state index >= 15 is 0 Å². The van der Waals surface area contributed by atoms with E-state index in [-0.39, 0.29) is 12.6 Å². The van der Waals surface area contributed by atoms with Gasteiger partial charge in [-0.1, -0.05) is 0 Å². The monoisotopic (exact) mass is 266 g/mol. The lowest BCUT2D eigenvalue weighted by Crippen LogP contribution is -2.25. The highest BCUT2D eigenvalue weighted by Gasteiger charge is 2.28. The number of rotatable bonds is 7. The number of methoxy groups -OCH3 is 2. The summed E-state index contributed by atoms with van der Waals surface area (Å²) in [6.45, 7) is 3.23. The third-order valence-corrected chi connectivity index (χ3v) is 2.64. The number of Topliss-reactive ketones (excluding diaryl/α,β-unsaturated/α-hetero) is 1. The fraction of sp³-hybridized carbons (Fsp3) is 0.429. The van der Waals surface area contributed by atoms with Gasteiger partial charge in [0.25, 0.3) is 0 Å². The van der Waals surface area contributed by atoms with Gasteiger partial charge in [-0.25, -0.2) is 0 Å². The van der Waals surface area contributed by atoms with Crippen LogP contribution in [0.1, 0.15) is 24.2 Å². The van der Waals surface area contributed by atoms with Crippen molar-refractivity contribution in [2.24, 2.45) is 5.41 Å². The van der Waals surface area contributed by atoms with Gasteiger partial charge in [-0.05, 0) is 32.0 Å². The molecule has 1 aromatic rings. The largest absolute Gasteiger partial charge is 0.493 e. The Morgan fingerprint density at radius 3 is 2.47 bits per heavy atom. The van der Waals surface area contributed by atoms with Gasteiger partial charge in [-0.2, -0.15) is 0 Å². The van der Waals surface area contributed by atoms with Crippen molar-refractivity contribution in [3.8, 4) is 11.5 Å². The highest BCUT2D eigenvalue weighted by atomic mass is 16.7. The number of hydrogen-bond acceptors (Lipinski definition) is 5. The van der Waals surface area contributed by atoms with Gasteiger partial charge in [0.15, 0.2) is 24.1 Å². The van der Waals surface area contributed by atoms with Crippen LogP contribution in [0.25, 0.3) is 0 Å². The molecule has 0 atom stereocenters. The molecular formula is C14H18O5. The molecule has 0 aliphatic rings. The molecule has 0 aliphatic heterocycles. The average Bonchev–Trinajstić information content (AvgIpc) is 2.43. The zero-order valence-electron chi connectivity index (χ0n) is 11.6. The summed E-state index contributed by atoms with van der Waals surface area (Å²) in [7, 11) is 2.99. The number of benzene rings is 1. The van der Waals surface area contributed by atoms with E-state index in [1.807, 2.05) is 0 Å². The van der Waals surface area contributed by atoms with Crippen LogP contribution in [-0.4, -0.2) is 33.1 Å². The Hall–Kier alpha value is -1.88. The van der Waals surface area contributed by atoms with Gasteiger partial charge in [0.2, 0.25) is 0 Å². The lowest BCUT2D eigenvalue weighted by molar-refractivity contribution is -0.112. The molecule has 0 aliphatic carbocycles. The van der Waals surface area contributed by atoms with E-state index in [1.165, 1.54) is 14.2 Å². The molecule has 5 heteroatoms. The molecule has 0 fully saturated rings. The Morgan fingerprint density at radius 2 is 1.95 bits per heavy atom. The number of aldehydes is 1. The first-order chi connectivity index (χ1) is 8.96. The van der Waals surface area contributed by atoms with Crippen molar-refractivity contribution in [1.82, 2.24) is 0 Å². The van der Waals surface area contributed by atoms with E-state index in [0.29, 0.717) is 23.3 Å². The third kappa shape index (κ3) is 3.54. The lowest BCUT2D eigenvalue weighted by atomic mass is 9.86. The van der Waals surface area contributed by atoms with Gasteiger partial charge in [0.05, 0.1) is 12.5 Å². The lowest BCUT2D eigenvalue weighted by Gasteiger charge is -2.16. The molecule has 104 valence electrons. The minimum Gasteiger partial charge on any atom is -0.493 e. The van der Waals surface area contributed by atoms with E-state index in [1.54, 1.807) is 32.0 Å². The Kier molecular flexibility index (Phi) is 5.06. The number of carbonyl (C=O) groups is 2. The molecule has 1 rings (SSSR count). The smallest absolute Gasteiger partial charge is 0.188 e. The summed E-state index contributed by atoms with van der Waals surface area (Å²) in [5.41, 5.74) is -0.654. The second-order valence-corrected chi connectivity index (χ2v) is 4.59. The van der Waals surface area contributed by atoms with Crippen LogP contribution in [0.3, 0.4) is 0 Å². The molecule has 0 bridgehead atoms. The molecule has 0 heterocycles. The van der Waals surface area contributed by atoms with Crippen molar-refractivity contribution in [3.63, 3.8) is 0 Å². The SMILES string of the molecule is COCOc1ccc(C(=O)C(C)(C)C=O)cc1OC. The van der Waals surface area contributed by atoms with Crippen LogP contribution in [0.15, 0.2) is 18.2 Å².